The summed E-state index contributed by atoms with van der Waals surface area (Å²) in [6, 6.07) is 10.1. The van der Waals surface area contributed by atoms with E-state index in [1.54, 1.807) is 0 Å². The normalized spacial score (nSPS) is 12.5. The van der Waals surface area contributed by atoms with Crippen LogP contribution in [-0.2, 0) is 0 Å². The van der Waals surface area contributed by atoms with Crippen LogP contribution in [0.2, 0.25) is 5.02 Å². The zero-order chi connectivity index (χ0) is 13.3. The fourth-order valence-corrected chi connectivity index (χ4v) is 2.36. The largest absolute Gasteiger partial charge is 0.320 e. The van der Waals surface area contributed by atoms with Crippen LogP contribution in [-0.4, -0.2) is 0 Å². The third kappa shape index (κ3) is 2.71. The van der Waals surface area contributed by atoms with Gasteiger partial charge in [-0.2, -0.15) is 0 Å². The van der Waals surface area contributed by atoms with Gasteiger partial charge in [0.15, 0.2) is 0 Å². The number of halogens is 2. The molecule has 0 radical (unpaired) electrons. The summed E-state index contributed by atoms with van der Waals surface area (Å²) in [6.45, 7) is 3.81. The Labute approximate surface area is 111 Å². The van der Waals surface area contributed by atoms with Gasteiger partial charge < -0.3 is 5.73 Å². The molecule has 94 valence electrons. The van der Waals surface area contributed by atoms with Crippen LogP contribution in [0.5, 0.6) is 0 Å². The molecule has 0 saturated carbocycles. The molecule has 3 heteroatoms. The molecule has 2 rings (SSSR count). The number of hydrogen-bond donors (Lipinski definition) is 1. The molecule has 0 spiro atoms. The summed E-state index contributed by atoms with van der Waals surface area (Å²) in [5, 5.41) is 0.615. The summed E-state index contributed by atoms with van der Waals surface area (Å²) in [5.41, 5.74) is 9.63. The third-order valence-electron chi connectivity index (χ3n) is 2.91. The molecule has 0 aliphatic carbocycles. The summed E-state index contributed by atoms with van der Waals surface area (Å²) in [5.74, 6) is -0.274. The average molecular weight is 264 g/mol. The van der Waals surface area contributed by atoms with Gasteiger partial charge in [-0.1, -0.05) is 29.8 Å². The van der Waals surface area contributed by atoms with Crippen LogP contribution >= 0.6 is 11.6 Å². The third-order valence-corrected chi connectivity index (χ3v) is 3.24. The van der Waals surface area contributed by atoms with Crippen molar-refractivity contribution in [3.8, 4) is 0 Å². The van der Waals surface area contributed by atoms with Gasteiger partial charge in [-0.25, -0.2) is 4.39 Å². The van der Waals surface area contributed by atoms with Gasteiger partial charge in [-0.15, -0.1) is 0 Å². The first kappa shape index (κ1) is 13.1. The topological polar surface area (TPSA) is 26.0 Å². The highest BCUT2D eigenvalue weighted by atomic mass is 35.5. The predicted octanol–water partition coefficient (Wildman–Crippen LogP) is 4.14. The van der Waals surface area contributed by atoms with E-state index in [4.69, 9.17) is 17.3 Å². The molecular weight excluding hydrogens is 249 g/mol. The lowest BCUT2D eigenvalue weighted by molar-refractivity contribution is 0.622. The lowest BCUT2D eigenvalue weighted by atomic mass is 9.97. The maximum atomic E-state index is 13.4. The molecule has 0 saturated heterocycles. The molecule has 0 fully saturated rings. The standard InChI is InChI=1S/C15H15ClFN/c1-9-3-4-13(14(16)7-9)15(18)11-5-10(2)6-12(17)8-11/h3-8,15H,18H2,1-2H3. The van der Waals surface area contributed by atoms with E-state index >= 15 is 0 Å². The van der Waals surface area contributed by atoms with Gasteiger partial charge >= 0.3 is 0 Å². The monoisotopic (exact) mass is 263 g/mol. The van der Waals surface area contributed by atoms with Gasteiger partial charge in [0.05, 0.1) is 6.04 Å². The van der Waals surface area contributed by atoms with Crippen LogP contribution < -0.4 is 5.73 Å². The Morgan fingerprint density at radius 3 is 2.39 bits per heavy atom. The number of benzene rings is 2. The highest BCUT2D eigenvalue weighted by molar-refractivity contribution is 6.31. The second kappa shape index (κ2) is 5.09. The van der Waals surface area contributed by atoms with Crippen LogP contribution in [0.15, 0.2) is 36.4 Å². The molecule has 1 nitrogen and oxygen atoms in total. The molecular formula is C15H15ClFN. The summed E-state index contributed by atoms with van der Waals surface area (Å²) >= 11 is 6.18. The van der Waals surface area contributed by atoms with E-state index in [1.807, 2.05) is 38.1 Å². The maximum absolute atomic E-state index is 13.4. The van der Waals surface area contributed by atoms with E-state index < -0.39 is 6.04 Å². The fraction of sp³-hybridized carbons (Fsp3) is 0.200. The van der Waals surface area contributed by atoms with Crippen LogP contribution in [0.1, 0.15) is 28.3 Å². The molecule has 0 amide bonds. The van der Waals surface area contributed by atoms with Crippen molar-refractivity contribution >= 4 is 11.6 Å². The summed E-state index contributed by atoms with van der Waals surface area (Å²) in [6.07, 6.45) is 0. The van der Waals surface area contributed by atoms with Crippen molar-refractivity contribution in [2.45, 2.75) is 19.9 Å². The Bertz CT molecular complexity index is 560. The Hall–Kier alpha value is -1.38. The number of aryl methyl sites for hydroxylation is 2. The lowest BCUT2D eigenvalue weighted by Gasteiger charge is -2.15. The van der Waals surface area contributed by atoms with Crippen molar-refractivity contribution in [2.75, 3.05) is 0 Å². The predicted molar refractivity (Wildman–Crippen MR) is 73.4 cm³/mol. The summed E-state index contributed by atoms with van der Waals surface area (Å²) in [7, 11) is 0. The fourth-order valence-electron chi connectivity index (χ4n) is 2.01. The van der Waals surface area contributed by atoms with Crippen molar-refractivity contribution in [2.24, 2.45) is 5.73 Å². The van der Waals surface area contributed by atoms with Crippen molar-refractivity contribution in [3.05, 3.63) is 69.5 Å². The molecule has 0 aliphatic heterocycles. The molecule has 0 aliphatic rings. The average Bonchev–Trinajstić information content (AvgIpc) is 2.26. The minimum atomic E-state index is -0.410. The molecule has 2 aromatic rings. The number of rotatable bonds is 2. The van der Waals surface area contributed by atoms with E-state index in [2.05, 4.69) is 0 Å². The highest BCUT2D eigenvalue weighted by Gasteiger charge is 2.13. The van der Waals surface area contributed by atoms with E-state index in [0.29, 0.717) is 5.02 Å². The van der Waals surface area contributed by atoms with Gasteiger partial charge in [0, 0.05) is 5.02 Å². The van der Waals surface area contributed by atoms with Gasteiger partial charge in [-0.3, -0.25) is 0 Å². The van der Waals surface area contributed by atoms with Crippen LogP contribution in [0, 0.1) is 19.7 Å². The first-order valence-electron chi connectivity index (χ1n) is 5.76. The van der Waals surface area contributed by atoms with Crippen LogP contribution in [0.25, 0.3) is 0 Å². The van der Waals surface area contributed by atoms with Gasteiger partial charge in [0.1, 0.15) is 5.82 Å². The quantitative estimate of drug-likeness (QED) is 0.866. The highest BCUT2D eigenvalue weighted by Crippen LogP contribution is 2.28. The van der Waals surface area contributed by atoms with Crippen LogP contribution in [0.3, 0.4) is 0 Å². The molecule has 0 bridgehead atoms. The Morgan fingerprint density at radius 1 is 1.06 bits per heavy atom. The van der Waals surface area contributed by atoms with E-state index in [0.717, 1.165) is 22.3 Å². The molecule has 0 aromatic heterocycles. The Kier molecular flexibility index (Phi) is 3.69. The van der Waals surface area contributed by atoms with Gasteiger partial charge in [0.25, 0.3) is 0 Å². The van der Waals surface area contributed by atoms with E-state index in [1.165, 1.54) is 12.1 Å². The van der Waals surface area contributed by atoms with Crippen molar-refractivity contribution < 1.29 is 4.39 Å². The zero-order valence-corrected chi connectivity index (χ0v) is 11.1. The minimum absolute atomic E-state index is 0.274. The van der Waals surface area contributed by atoms with Gasteiger partial charge in [-0.05, 0) is 54.3 Å². The summed E-state index contributed by atoms with van der Waals surface area (Å²) in [4.78, 5) is 0. The Morgan fingerprint density at radius 2 is 1.78 bits per heavy atom. The van der Waals surface area contributed by atoms with E-state index in [-0.39, 0.29) is 5.82 Å². The Balaban J connectivity index is 2.44. The maximum Gasteiger partial charge on any atom is 0.123 e. The molecule has 1 unspecified atom stereocenters. The van der Waals surface area contributed by atoms with Crippen molar-refractivity contribution in [1.82, 2.24) is 0 Å². The van der Waals surface area contributed by atoms with Gasteiger partial charge in [0.2, 0.25) is 0 Å². The lowest BCUT2D eigenvalue weighted by Crippen LogP contribution is -2.13. The molecule has 1 atom stereocenters. The molecule has 18 heavy (non-hydrogen) atoms. The first-order chi connectivity index (χ1) is 8.47. The molecule has 2 aromatic carbocycles. The number of hydrogen-bond acceptors (Lipinski definition) is 1. The number of nitrogens with two attached hydrogens (primary N) is 1. The SMILES string of the molecule is Cc1cc(F)cc(C(N)c2ccc(C)cc2Cl)c1. The van der Waals surface area contributed by atoms with E-state index in [9.17, 15) is 4.39 Å². The second-order valence-corrected chi connectivity index (χ2v) is 4.97. The molecule has 0 heterocycles. The summed E-state index contributed by atoms with van der Waals surface area (Å²) < 4.78 is 13.4. The zero-order valence-electron chi connectivity index (χ0n) is 10.4. The second-order valence-electron chi connectivity index (χ2n) is 4.56. The van der Waals surface area contributed by atoms with Crippen molar-refractivity contribution in [1.29, 1.82) is 0 Å². The van der Waals surface area contributed by atoms with Crippen LogP contribution in [0.4, 0.5) is 4.39 Å². The van der Waals surface area contributed by atoms with Crippen molar-refractivity contribution in [3.63, 3.8) is 0 Å². The smallest absolute Gasteiger partial charge is 0.123 e. The molecule has 2 N–H and O–H groups in total. The minimum Gasteiger partial charge on any atom is -0.320 e. The first-order valence-corrected chi connectivity index (χ1v) is 6.14.